The quantitative estimate of drug-likeness (QED) is 0.412. The maximum absolute atomic E-state index is 13.6. The summed E-state index contributed by atoms with van der Waals surface area (Å²) in [6, 6.07) is 11.0. The molecule has 0 heterocycles. The predicted octanol–water partition coefficient (Wildman–Crippen LogP) is 5.21. The van der Waals surface area contributed by atoms with Gasteiger partial charge in [-0.3, -0.25) is 13.9 Å². The first-order valence-corrected chi connectivity index (χ1v) is 14.5. The third-order valence-corrected chi connectivity index (χ3v) is 7.93. The Bertz CT molecular complexity index is 1150. The van der Waals surface area contributed by atoms with E-state index >= 15 is 0 Å². The number of benzene rings is 2. The van der Waals surface area contributed by atoms with Gasteiger partial charge in [0.1, 0.15) is 12.6 Å². The molecule has 10 heteroatoms. The van der Waals surface area contributed by atoms with Gasteiger partial charge in [-0.2, -0.15) is 0 Å². The highest BCUT2D eigenvalue weighted by molar-refractivity contribution is 7.92. The highest BCUT2D eigenvalue weighted by Crippen LogP contribution is 2.27. The summed E-state index contributed by atoms with van der Waals surface area (Å²) in [5, 5.41) is 3.57. The number of hydrogen-bond donors (Lipinski definition) is 1. The van der Waals surface area contributed by atoms with Crippen molar-refractivity contribution in [3.8, 4) is 0 Å². The molecule has 0 aliphatic carbocycles. The van der Waals surface area contributed by atoms with Crippen LogP contribution in [0, 0.1) is 0 Å². The van der Waals surface area contributed by atoms with E-state index in [1.54, 1.807) is 37.3 Å². The van der Waals surface area contributed by atoms with Crippen molar-refractivity contribution < 1.29 is 18.0 Å². The highest BCUT2D eigenvalue weighted by atomic mass is 35.5. The first kappa shape index (κ1) is 29.9. The third kappa shape index (κ3) is 7.85. The van der Waals surface area contributed by atoms with Crippen LogP contribution in [-0.2, 0) is 26.2 Å². The Labute approximate surface area is 224 Å². The number of anilines is 1. The zero-order valence-electron chi connectivity index (χ0n) is 21.6. The molecule has 0 saturated carbocycles. The van der Waals surface area contributed by atoms with Gasteiger partial charge in [0.15, 0.2) is 0 Å². The van der Waals surface area contributed by atoms with Crippen molar-refractivity contribution in [3.63, 3.8) is 0 Å². The second kappa shape index (κ2) is 12.8. The number of hydrogen-bond acceptors (Lipinski definition) is 4. The molecule has 36 heavy (non-hydrogen) atoms. The monoisotopic (exact) mass is 555 g/mol. The maximum atomic E-state index is 13.6. The molecule has 0 unspecified atom stereocenters. The number of rotatable bonds is 11. The molecule has 0 radical (unpaired) electrons. The van der Waals surface area contributed by atoms with Crippen LogP contribution in [-0.4, -0.2) is 50.0 Å². The van der Waals surface area contributed by atoms with Crippen LogP contribution in [0.25, 0.3) is 0 Å². The number of carbonyl (C=O) groups excluding carboxylic acids is 2. The van der Waals surface area contributed by atoms with E-state index in [9.17, 15) is 18.0 Å². The Morgan fingerprint density at radius 1 is 0.972 bits per heavy atom. The van der Waals surface area contributed by atoms with E-state index in [0.29, 0.717) is 21.3 Å². The van der Waals surface area contributed by atoms with Crippen molar-refractivity contribution in [2.45, 2.75) is 65.6 Å². The van der Waals surface area contributed by atoms with E-state index in [1.165, 1.54) is 4.90 Å². The first-order valence-electron chi connectivity index (χ1n) is 11.9. The topological polar surface area (TPSA) is 86.8 Å². The Hall–Kier alpha value is -2.29. The summed E-state index contributed by atoms with van der Waals surface area (Å²) < 4.78 is 26.4. The van der Waals surface area contributed by atoms with Gasteiger partial charge in [0.2, 0.25) is 21.8 Å². The van der Waals surface area contributed by atoms with E-state index in [1.807, 2.05) is 39.8 Å². The molecule has 0 aromatic heterocycles. The zero-order valence-corrected chi connectivity index (χ0v) is 23.9. The fourth-order valence-corrected chi connectivity index (χ4v) is 4.91. The summed E-state index contributed by atoms with van der Waals surface area (Å²) in [4.78, 5) is 27.9. The van der Waals surface area contributed by atoms with Crippen LogP contribution in [0.4, 0.5) is 5.69 Å². The number of halogens is 2. The zero-order chi connectivity index (χ0) is 27.2. The molecule has 2 aromatic rings. The number of sulfonamides is 1. The van der Waals surface area contributed by atoms with E-state index < -0.39 is 28.5 Å². The Kier molecular flexibility index (Phi) is 10.6. The largest absolute Gasteiger partial charge is 0.352 e. The predicted molar refractivity (Wildman–Crippen MR) is 147 cm³/mol. The van der Waals surface area contributed by atoms with Gasteiger partial charge < -0.3 is 10.2 Å². The first-order chi connectivity index (χ1) is 16.8. The van der Waals surface area contributed by atoms with Crippen LogP contribution in [0.3, 0.4) is 0 Å². The van der Waals surface area contributed by atoms with Crippen molar-refractivity contribution in [1.82, 2.24) is 10.2 Å². The molecule has 2 aromatic carbocycles. The fourth-order valence-electron chi connectivity index (χ4n) is 3.54. The van der Waals surface area contributed by atoms with Gasteiger partial charge in [-0.1, -0.05) is 62.2 Å². The Morgan fingerprint density at radius 3 is 2.00 bits per heavy atom. The van der Waals surface area contributed by atoms with Crippen LogP contribution in [0.2, 0.25) is 10.0 Å². The van der Waals surface area contributed by atoms with Crippen LogP contribution >= 0.6 is 23.2 Å². The van der Waals surface area contributed by atoms with Crippen LogP contribution < -0.4 is 9.62 Å². The summed E-state index contributed by atoms with van der Waals surface area (Å²) in [7, 11) is -3.80. The third-order valence-electron chi connectivity index (χ3n) is 6.09. The molecule has 1 N–H and O–H groups in total. The van der Waals surface area contributed by atoms with E-state index in [-0.39, 0.29) is 24.4 Å². The normalized spacial score (nSPS) is 13.2. The lowest BCUT2D eigenvalue weighted by Crippen LogP contribution is -2.52. The van der Waals surface area contributed by atoms with Gasteiger partial charge in [0.05, 0.1) is 11.9 Å². The SMILES string of the molecule is CC[C@H](C)NC(=O)[C@H](C)N(Cc1c(Cl)cccc1Cl)C(=O)CN(c1ccc(C(C)C)cc1)S(C)(=O)=O. The molecule has 0 bridgehead atoms. The lowest BCUT2D eigenvalue weighted by atomic mass is 10.0. The highest BCUT2D eigenvalue weighted by Gasteiger charge is 2.31. The van der Waals surface area contributed by atoms with Crippen molar-refractivity contribution >= 4 is 50.7 Å². The second-order valence-corrected chi connectivity index (χ2v) is 12.0. The molecular weight excluding hydrogens is 521 g/mol. The van der Waals surface area contributed by atoms with Crippen LogP contribution in [0.5, 0.6) is 0 Å². The lowest BCUT2D eigenvalue weighted by molar-refractivity contribution is -0.139. The molecule has 7 nitrogen and oxygen atoms in total. The van der Waals surface area contributed by atoms with Crippen molar-refractivity contribution in [3.05, 3.63) is 63.6 Å². The van der Waals surface area contributed by atoms with Crippen LogP contribution in [0.15, 0.2) is 42.5 Å². The van der Waals surface area contributed by atoms with Crippen molar-refractivity contribution in [2.24, 2.45) is 0 Å². The minimum Gasteiger partial charge on any atom is -0.352 e. The number of carbonyl (C=O) groups is 2. The minimum atomic E-state index is -3.80. The van der Waals surface area contributed by atoms with Gasteiger partial charge in [-0.15, -0.1) is 0 Å². The Morgan fingerprint density at radius 2 is 1.53 bits per heavy atom. The molecule has 198 valence electrons. The van der Waals surface area contributed by atoms with Gasteiger partial charge in [0, 0.05) is 28.2 Å². The molecule has 0 saturated heterocycles. The standard InChI is InChI=1S/C26H35Cl2N3O4S/c1-7-18(4)29-26(33)19(5)30(15-22-23(27)9-8-10-24(22)28)25(32)16-31(36(6,34)35)21-13-11-20(12-14-21)17(2)3/h8-14,17-19H,7,15-16H2,1-6H3,(H,29,33)/t18-,19-/m0/s1. The summed E-state index contributed by atoms with van der Waals surface area (Å²) >= 11 is 12.7. The van der Waals surface area contributed by atoms with Gasteiger partial charge >= 0.3 is 0 Å². The molecule has 2 rings (SSSR count). The molecule has 0 fully saturated rings. The number of nitrogens with one attached hydrogen (secondary N) is 1. The number of nitrogens with zero attached hydrogens (tertiary/aromatic N) is 2. The second-order valence-electron chi connectivity index (χ2n) is 9.23. The summed E-state index contributed by atoms with van der Waals surface area (Å²) in [6.07, 6.45) is 1.77. The van der Waals surface area contributed by atoms with E-state index in [2.05, 4.69) is 5.32 Å². The van der Waals surface area contributed by atoms with Gasteiger partial charge in [-0.05, 0) is 56.0 Å². The smallest absolute Gasteiger partial charge is 0.244 e. The maximum Gasteiger partial charge on any atom is 0.244 e. The molecule has 0 aliphatic heterocycles. The number of amides is 2. The molecule has 0 spiro atoms. The van der Waals surface area contributed by atoms with Crippen molar-refractivity contribution in [2.75, 3.05) is 17.1 Å². The average molecular weight is 557 g/mol. The van der Waals surface area contributed by atoms with Gasteiger partial charge in [0.25, 0.3) is 0 Å². The summed E-state index contributed by atoms with van der Waals surface area (Å²) in [5.74, 6) is -0.641. The van der Waals surface area contributed by atoms with E-state index in [4.69, 9.17) is 23.2 Å². The lowest BCUT2D eigenvalue weighted by Gasteiger charge is -2.32. The van der Waals surface area contributed by atoms with E-state index in [0.717, 1.165) is 22.5 Å². The van der Waals surface area contributed by atoms with Crippen LogP contribution in [0.1, 0.15) is 58.1 Å². The molecule has 0 aliphatic rings. The molecule has 2 amide bonds. The average Bonchev–Trinajstić information content (AvgIpc) is 2.81. The van der Waals surface area contributed by atoms with Gasteiger partial charge in [-0.25, -0.2) is 8.42 Å². The Balaban J connectivity index is 2.44. The molecule has 2 atom stereocenters. The summed E-state index contributed by atoms with van der Waals surface area (Å²) in [6.45, 7) is 8.94. The fraction of sp³-hybridized carbons (Fsp3) is 0.462. The van der Waals surface area contributed by atoms with Crippen molar-refractivity contribution in [1.29, 1.82) is 0 Å². The molecular formula is C26H35Cl2N3O4S. The summed E-state index contributed by atoms with van der Waals surface area (Å²) in [5.41, 5.74) is 1.89. The minimum absolute atomic E-state index is 0.0592.